The van der Waals surface area contributed by atoms with Gasteiger partial charge in [0.2, 0.25) is 5.91 Å². The molecule has 1 atom stereocenters. The van der Waals surface area contributed by atoms with Crippen molar-refractivity contribution in [3.8, 4) is 11.1 Å². The minimum atomic E-state index is -0.436. The molecule has 7 nitrogen and oxygen atoms in total. The summed E-state index contributed by atoms with van der Waals surface area (Å²) in [4.78, 5) is 29.7. The van der Waals surface area contributed by atoms with Crippen LogP contribution in [0, 0.1) is 0 Å². The van der Waals surface area contributed by atoms with Crippen LogP contribution in [0.4, 0.5) is 10.5 Å². The van der Waals surface area contributed by atoms with Gasteiger partial charge in [-0.15, -0.1) is 0 Å². The van der Waals surface area contributed by atoms with Crippen LogP contribution in [0.15, 0.2) is 54.6 Å². The molecule has 2 heterocycles. The maximum atomic E-state index is 12.8. The van der Waals surface area contributed by atoms with Crippen LogP contribution in [0.2, 0.25) is 0 Å². The zero-order valence-electron chi connectivity index (χ0n) is 24.5. The van der Waals surface area contributed by atoms with Gasteiger partial charge in [-0.2, -0.15) is 0 Å². The largest absolute Gasteiger partial charge is 0.443 e. The maximum Gasteiger partial charge on any atom is 0.412 e. The van der Waals surface area contributed by atoms with Crippen molar-refractivity contribution in [3.05, 3.63) is 54.6 Å². The molecule has 0 bridgehead atoms. The number of nitrogens with one attached hydrogen (secondary N) is 2. The van der Waals surface area contributed by atoms with Gasteiger partial charge < -0.3 is 15.0 Å². The van der Waals surface area contributed by atoms with Gasteiger partial charge in [-0.05, 0) is 76.7 Å². The van der Waals surface area contributed by atoms with E-state index in [1.807, 2.05) is 54.6 Å². The number of ether oxygens (including phenoxy) is 1. The van der Waals surface area contributed by atoms with Crippen LogP contribution < -0.4 is 10.6 Å². The van der Waals surface area contributed by atoms with E-state index in [-0.39, 0.29) is 18.0 Å². The lowest BCUT2D eigenvalue weighted by Gasteiger charge is -2.38. The minimum absolute atomic E-state index is 0.0903. The lowest BCUT2D eigenvalue weighted by atomic mass is 9.93. The van der Waals surface area contributed by atoms with E-state index in [1.54, 1.807) is 7.05 Å². The number of likely N-dealkylation sites (tertiary alicyclic amines) is 2. The van der Waals surface area contributed by atoms with Gasteiger partial charge >= 0.3 is 6.09 Å². The fourth-order valence-electron chi connectivity index (χ4n) is 6.09. The minimum Gasteiger partial charge on any atom is -0.443 e. The number of hydrogen-bond donors (Lipinski definition) is 2. The van der Waals surface area contributed by atoms with Gasteiger partial charge in [-0.25, -0.2) is 4.79 Å². The van der Waals surface area contributed by atoms with Gasteiger partial charge in [0.25, 0.3) is 0 Å². The van der Waals surface area contributed by atoms with Crippen LogP contribution in [-0.4, -0.2) is 73.2 Å². The predicted octanol–water partition coefficient (Wildman–Crippen LogP) is 6.31. The molecule has 7 heteroatoms. The van der Waals surface area contributed by atoms with Gasteiger partial charge in [0.1, 0.15) is 5.60 Å². The van der Waals surface area contributed by atoms with Gasteiger partial charge in [0.05, 0.1) is 11.7 Å². The molecule has 0 unspecified atom stereocenters. The van der Waals surface area contributed by atoms with Crippen LogP contribution in [0.5, 0.6) is 0 Å². The second-order valence-electron chi connectivity index (χ2n) is 11.6. The number of nitrogens with zero attached hydrogens (tertiary/aromatic N) is 2. The van der Waals surface area contributed by atoms with Crippen molar-refractivity contribution >= 4 is 17.7 Å². The molecule has 2 fully saturated rings. The number of carbonyl (C=O) groups excluding carboxylic acids is 2. The summed E-state index contributed by atoms with van der Waals surface area (Å²) in [6.07, 6.45) is 10.9. The summed E-state index contributed by atoms with van der Waals surface area (Å²) in [5.74, 6) is 0.176. The highest BCUT2D eigenvalue weighted by molar-refractivity contribution is 5.91. The highest BCUT2D eigenvalue weighted by Crippen LogP contribution is 2.30. The Kier molecular flexibility index (Phi) is 11.4. The third-order valence-corrected chi connectivity index (χ3v) is 8.58. The lowest BCUT2D eigenvalue weighted by molar-refractivity contribution is -0.125. The quantitative estimate of drug-likeness (QED) is 0.287. The first-order valence-electron chi connectivity index (χ1n) is 15.3. The molecule has 2 aliphatic rings. The van der Waals surface area contributed by atoms with Gasteiger partial charge in [0, 0.05) is 25.7 Å². The first-order chi connectivity index (χ1) is 19.5. The average molecular weight is 549 g/mol. The van der Waals surface area contributed by atoms with Crippen molar-refractivity contribution in [2.24, 2.45) is 0 Å². The number of benzene rings is 2. The van der Waals surface area contributed by atoms with E-state index in [2.05, 4.69) is 27.4 Å². The molecule has 218 valence electrons. The number of piperidine rings is 1. The van der Waals surface area contributed by atoms with Gasteiger partial charge in [-0.1, -0.05) is 74.2 Å². The molecule has 0 saturated carbocycles. The molecular weight excluding hydrogens is 500 g/mol. The Morgan fingerprint density at radius 1 is 0.875 bits per heavy atom. The predicted molar refractivity (Wildman–Crippen MR) is 162 cm³/mol. The Bertz CT molecular complexity index is 1070. The van der Waals surface area contributed by atoms with Crippen LogP contribution in [0.1, 0.15) is 71.1 Å². The summed E-state index contributed by atoms with van der Waals surface area (Å²) in [6, 6.07) is 18.0. The van der Waals surface area contributed by atoms with Crippen molar-refractivity contribution in [2.45, 2.75) is 82.8 Å². The fraction of sp³-hybridized carbons (Fsp3) is 0.576. The zero-order chi connectivity index (χ0) is 28.2. The fourth-order valence-corrected chi connectivity index (χ4v) is 6.09. The van der Waals surface area contributed by atoms with Crippen molar-refractivity contribution < 1.29 is 14.3 Å². The summed E-state index contributed by atoms with van der Waals surface area (Å²) < 4.78 is 5.96. The first-order valence-corrected chi connectivity index (χ1v) is 15.3. The second-order valence-corrected chi connectivity index (χ2v) is 11.6. The van der Waals surface area contributed by atoms with Gasteiger partial charge in [-0.3, -0.25) is 15.0 Å². The monoisotopic (exact) mass is 548 g/mol. The van der Waals surface area contributed by atoms with E-state index in [9.17, 15) is 9.59 Å². The molecule has 0 aromatic heterocycles. The SMILES string of the molecule is CNC(=O)[C@@H]1CCCN1CCCCCCCCN1CCC(C)(OC(=O)Nc2ccccc2-c2ccccc2)CC1. The normalized spacial score (nSPS) is 19.3. The Balaban J connectivity index is 1.08. The molecule has 4 rings (SSSR count). The highest BCUT2D eigenvalue weighted by Gasteiger charge is 2.34. The van der Waals surface area contributed by atoms with Crippen molar-refractivity contribution in [3.63, 3.8) is 0 Å². The van der Waals surface area contributed by atoms with Crippen molar-refractivity contribution in [1.29, 1.82) is 0 Å². The van der Waals surface area contributed by atoms with Gasteiger partial charge in [0.15, 0.2) is 0 Å². The third-order valence-electron chi connectivity index (χ3n) is 8.58. The van der Waals surface area contributed by atoms with E-state index in [1.165, 1.54) is 38.5 Å². The molecule has 2 N–H and O–H groups in total. The molecule has 2 saturated heterocycles. The van der Waals surface area contributed by atoms with Crippen LogP contribution in [0.25, 0.3) is 11.1 Å². The second kappa shape index (κ2) is 15.2. The zero-order valence-corrected chi connectivity index (χ0v) is 24.5. The number of para-hydroxylation sites is 1. The van der Waals surface area contributed by atoms with E-state index < -0.39 is 5.60 Å². The summed E-state index contributed by atoms with van der Waals surface area (Å²) in [6.45, 7) is 7.22. The molecule has 0 radical (unpaired) electrons. The number of hydrogen-bond acceptors (Lipinski definition) is 5. The topological polar surface area (TPSA) is 73.9 Å². The van der Waals surface area contributed by atoms with Crippen LogP contribution in [-0.2, 0) is 9.53 Å². The Labute approximate surface area is 240 Å². The number of likely N-dealkylation sites (N-methyl/N-ethyl adjacent to an activating group) is 1. The molecule has 2 aliphatic heterocycles. The van der Waals surface area contributed by atoms with E-state index in [4.69, 9.17) is 4.74 Å². The Hall–Kier alpha value is -2.90. The van der Waals surface area contributed by atoms with E-state index in [0.29, 0.717) is 0 Å². The smallest absolute Gasteiger partial charge is 0.412 e. The molecule has 2 amide bonds. The summed E-state index contributed by atoms with van der Waals surface area (Å²) in [5.41, 5.74) is 2.38. The average Bonchev–Trinajstić information content (AvgIpc) is 3.44. The number of carbonyl (C=O) groups is 2. The Morgan fingerprint density at radius 2 is 1.52 bits per heavy atom. The van der Waals surface area contributed by atoms with Crippen LogP contribution >= 0.6 is 0 Å². The number of anilines is 1. The highest BCUT2D eigenvalue weighted by atomic mass is 16.6. The number of rotatable bonds is 13. The number of amides is 2. The summed E-state index contributed by atoms with van der Waals surface area (Å²) in [5, 5.41) is 5.79. The molecule has 0 spiro atoms. The van der Waals surface area contributed by atoms with E-state index >= 15 is 0 Å². The Morgan fingerprint density at radius 3 is 2.25 bits per heavy atom. The lowest BCUT2D eigenvalue weighted by Crippen LogP contribution is -2.46. The van der Waals surface area contributed by atoms with Crippen molar-refractivity contribution in [1.82, 2.24) is 15.1 Å². The summed E-state index contributed by atoms with van der Waals surface area (Å²) in [7, 11) is 1.74. The van der Waals surface area contributed by atoms with Crippen LogP contribution in [0.3, 0.4) is 0 Å². The summed E-state index contributed by atoms with van der Waals surface area (Å²) >= 11 is 0. The standard InChI is InChI=1S/C33H48N4O3/c1-33(40-32(39)35-29-18-11-10-17-28(29)27-15-8-7-9-16-27)20-25-36(26-21-33)22-12-5-3-4-6-13-23-37-24-14-19-30(37)31(38)34-2/h7-11,15-18,30H,3-6,12-14,19-26H2,1-2H3,(H,34,38)(H,35,39)/t30-/m0/s1. The van der Waals surface area contributed by atoms with Crippen molar-refractivity contribution in [2.75, 3.05) is 45.1 Å². The molecule has 0 aliphatic carbocycles. The van der Waals surface area contributed by atoms with E-state index in [0.717, 1.165) is 75.2 Å². The maximum absolute atomic E-state index is 12.8. The first kappa shape index (κ1) is 30.1. The molecular formula is C33H48N4O3. The molecule has 2 aromatic rings. The molecule has 2 aromatic carbocycles. The third kappa shape index (κ3) is 8.80. The number of unbranched alkanes of at least 4 members (excludes halogenated alkanes) is 5. The molecule has 40 heavy (non-hydrogen) atoms.